The highest BCUT2D eigenvalue weighted by atomic mass is 19.1. The Hall–Kier alpha value is -2.37. The van der Waals surface area contributed by atoms with E-state index in [4.69, 9.17) is 5.73 Å². The molecule has 0 radical (unpaired) electrons. The van der Waals surface area contributed by atoms with Crippen LogP contribution in [-0.4, -0.2) is 27.6 Å². The van der Waals surface area contributed by atoms with Gasteiger partial charge in [0.1, 0.15) is 5.82 Å². The van der Waals surface area contributed by atoms with Gasteiger partial charge in [0.05, 0.1) is 11.9 Å². The van der Waals surface area contributed by atoms with Crippen molar-refractivity contribution in [1.82, 2.24) is 14.7 Å². The summed E-state index contributed by atoms with van der Waals surface area (Å²) in [5.74, 6) is -0.734. The lowest BCUT2D eigenvalue weighted by molar-refractivity contribution is 0.0785. The highest BCUT2D eigenvalue weighted by Crippen LogP contribution is 2.14. The molecule has 0 saturated heterocycles. The maximum Gasteiger partial charge on any atom is 0.253 e. The third kappa shape index (κ3) is 2.90. The molecule has 0 spiro atoms. The number of anilines is 1. The molecule has 0 atom stereocenters. The molecule has 2 aromatic rings. The van der Waals surface area contributed by atoms with Gasteiger partial charge in [0.15, 0.2) is 0 Å². The van der Waals surface area contributed by atoms with Gasteiger partial charge in [0, 0.05) is 38.0 Å². The molecular weight excluding hydrogens is 247 g/mol. The van der Waals surface area contributed by atoms with Gasteiger partial charge in [-0.15, -0.1) is 0 Å². The summed E-state index contributed by atoms with van der Waals surface area (Å²) in [4.78, 5) is 13.7. The Morgan fingerprint density at radius 1 is 1.53 bits per heavy atom. The van der Waals surface area contributed by atoms with Crippen LogP contribution in [0.2, 0.25) is 0 Å². The SMILES string of the molecule is CN(Cc1cnn(C)c1)C(=O)c1ccc(F)c(N)c1. The number of halogens is 1. The molecule has 0 aliphatic heterocycles. The van der Waals surface area contributed by atoms with Gasteiger partial charge in [0.2, 0.25) is 0 Å². The summed E-state index contributed by atoms with van der Waals surface area (Å²) in [5, 5.41) is 4.04. The fraction of sp³-hybridized carbons (Fsp3) is 0.231. The number of benzene rings is 1. The average molecular weight is 262 g/mol. The molecular formula is C13H15FN4O. The average Bonchev–Trinajstić information content (AvgIpc) is 2.77. The lowest BCUT2D eigenvalue weighted by atomic mass is 10.1. The van der Waals surface area contributed by atoms with Gasteiger partial charge in [-0.1, -0.05) is 0 Å². The van der Waals surface area contributed by atoms with Crippen LogP contribution in [0, 0.1) is 5.82 Å². The van der Waals surface area contributed by atoms with Crippen LogP contribution < -0.4 is 5.73 Å². The predicted molar refractivity (Wildman–Crippen MR) is 69.8 cm³/mol. The minimum absolute atomic E-state index is 0.0272. The molecule has 1 heterocycles. The molecule has 5 nitrogen and oxygen atoms in total. The summed E-state index contributed by atoms with van der Waals surface area (Å²) in [5.41, 5.74) is 6.72. The van der Waals surface area contributed by atoms with Crippen molar-refractivity contribution < 1.29 is 9.18 Å². The Kier molecular flexibility index (Phi) is 3.50. The Morgan fingerprint density at radius 2 is 2.26 bits per heavy atom. The van der Waals surface area contributed by atoms with Crippen molar-refractivity contribution in [2.24, 2.45) is 7.05 Å². The van der Waals surface area contributed by atoms with E-state index in [1.54, 1.807) is 17.9 Å². The zero-order valence-electron chi connectivity index (χ0n) is 10.8. The minimum Gasteiger partial charge on any atom is -0.396 e. The second-order valence-corrected chi connectivity index (χ2v) is 4.42. The second kappa shape index (κ2) is 5.09. The molecule has 0 unspecified atom stereocenters. The number of hydrogen-bond donors (Lipinski definition) is 1. The van der Waals surface area contributed by atoms with E-state index in [9.17, 15) is 9.18 Å². The number of nitrogens with zero attached hydrogens (tertiary/aromatic N) is 3. The van der Waals surface area contributed by atoms with Crippen molar-refractivity contribution in [1.29, 1.82) is 0 Å². The predicted octanol–water partition coefficient (Wildman–Crippen LogP) is 1.41. The van der Waals surface area contributed by atoms with Crippen LogP contribution in [-0.2, 0) is 13.6 Å². The van der Waals surface area contributed by atoms with Crippen molar-refractivity contribution in [3.63, 3.8) is 0 Å². The number of carbonyl (C=O) groups excluding carboxylic acids is 1. The van der Waals surface area contributed by atoms with Crippen LogP contribution in [0.1, 0.15) is 15.9 Å². The van der Waals surface area contributed by atoms with E-state index in [2.05, 4.69) is 5.10 Å². The van der Waals surface area contributed by atoms with Crippen molar-refractivity contribution in [3.8, 4) is 0 Å². The normalized spacial score (nSPS) is 10.5. The standard InChI is InChI=1S/C13H15FN4O/c1-17(7-9-6-16-18(2)8-9)13(19)10-3-4-11(14)12(15)5-10/h3-6,8H,7,15H2,1-2H3. The van der Waals surface area contributed by atoms with Crippen LogP contribution in [0.15, 0.2) is 30.6 Å². The summed E-state index contributed by atoms with van der Waals surface area (Å²) >= 11 is 0. The van der Waals surface area contributed by atoms with Gasteiger partial charge in [-0.3, -0.25) is 9.48 Å². The third-order valence-electron chi connectivity index (χ3n) is 2.77. The minimum atomic E-state index is -0.522. The van der Waals surface area contributed by atoms with Crippen molar-refractivity contribution in [3.05, 3.63) is 47.5 Å². The number of carbonyl (C=O) groups is 1. The molecule has 6 heteroatoms. The summed E-state index contributed by atoms with van der Waals surface area (Å²) in [7, 11) is 3.49. The first-order valence-corrected chi connectivity index (χ1v) is 5.75. The van der Waals surface area contributed by atoms with Gasteiger partial charge in [0.25, 0.3) is 5.91 Å². The van der Waals surface area contributed by atoms with Crippen molar-refractivity contribution >= 4 is 11.6 Å². The molecule has 100 valence electrons. The largest absolute Gasteiger partial charge is 0.396 e. The smallest absolute Gasteiger partial charge is 0.253 e. The highest BCUT2D eigenvalue weighted by Gasteiger charge is 2.14. The highest BCUT2D eigenvalue weighted by molar-refractivity contribution is 5.94. The van der Waals surface area contributed by atoms with Crippen LogP contribution in [0.5, 0.6) is 0 Å². The molecule has 2 rings (SSSR count). The zero-order chi connectivity index (χ0) is 14.0. The fourth-order valence-corrected chi connectivity index (χ4v) is 1.80. The monoisotopic (exact) mass is 262 g/mol. The van der Waals surface area contributed by atoms with Gasteiger partial charge < -0.3 is 10.6 Å². The Balaban J connectivity index is 2.12. The third-order valence-corrected chi connectivity index (χ3v) is 2.77. The second-order valence-electron chi connectivity index (χ2n) is 4.42. The van der Waals surface area contributed by atoms with Crippen LogP contribution >= 0.6 is 0 Å². The first-order valence-electron chi connectivity index (χ1n) is 5.75. The molecule has 2 N–H and O–H groups in total. The fourth-order valence-electron chi connectivity index (χ4n) is 1.80. The molecule has 0 fully saturated rings. The van der Waals surface area contributed by atoms with E-state index in [0.717, 1.165) is 5.56 Å². The summed E-state index contributed by atoms with van der Waals surface area (Å²) in [6.45, 7) is 0.434. The molecule has 1 aromatic carbocycles. The number of nitrogen functional groups attached to an aromatic ring is 1. The van der Waals surface area contributed by atoms with Crippen molar-refractivity contribution in [2.75, 3.05) is 12.8 Å². The lowest BCUT2D eigenvalue weighted by Crippen LogP contribution is -2.26. The van der Waals surface area contributed by atoms with Gasteiger partial charge >= 0.3 is 0 Å². The molecule has 0 saturated carbocycles. The molecule has 0 bridgehead atoms. The molecule has 0 aliphatic rings. The first kappa shape index (κ1) is 13.1. The van der Waals surface area contributed by atoms with E-state index in [1.165, 1.54) is 23.1 Å². The van der Waals surface area contributed by atoms with E-state index < -0.39 is 5.82 Å². The topological polar surface area (TPSA) is 64.2 Å². The van der Waals surface area contributed by atoms with Gasteiger partial charge in [-0.25, -0.2) is 4.39 Å². The van der Waals surface area contributed by atoms with Gasteiger partial charge in [-0.2, -0.15) is 5.10 Å². The van der Waals surface area contributed by atoms with E-state index >= 15 is 0 Å². The lowest BCUT2D eigenvalue weighted by Gasteiger charge is -2.16. The summed E-state index contributed by atoms with van der Waals surface area (Å²) in [6.07, 6.45) is 3.53. The number of amides is 1. The maximum atomic E-state index is 13.1. The van der Waals surface area contributed by atoms with Gasteiger partial charge in [-0.05, 0) is 18.2 Å². The van der Waals surface area contributed by atoms with Crippen LogP contribution in [0.25, 0.3) is 0 Å². The van der Waals surface area contributed by atoms with Crippen LogP contribution in [0.4, 0.5) is 10.1 Å². The Bertz CT molecular complexity index is 608. The van der Waals surface area contributed by atoms with Crippen molar-refractivity contribution in [2.45, 2.75) is 6.54 Å². The molecule has 19 heavy (non-hydrogen) atoms. The number of hydrogen-bond acceptors (Lipinski definition) is 3. The van der Waals surface area contributed by atoms with Crippen LogP contribution in [0.3, 0.4) is 0 Å². The quantitative estimate of drug-likeness (QED) is 0.851. The first-order chi connectivity index (χ1) is 8.97. The van der Waals surface area contributed by atoms with E-state index in [0.29, 0.717) is 12.1 Å². The summed E-state index contributed by atoms with van der Waals surface area (Å²) < 4.78 is 14.7. The Morgan fingerprint density at radius 3 is 2.84 bits per heavy atom. The number of nitrogens with two attached hydrogens (primary N) is 1. The van der Waals surface area contributed by atoms with E-state index in [-0.39, 0.29) is 11.6 Å². The number of rotatable bonds is 3. The maximum absolute atomic E-state index is 13.1. The summed E-state index contributed by atoms with van der Waals surface area (Å²) in [6, 6.07) is 3.96. The Labute approximate surface area is 110 Å². The number of aromatic nitrogens is 2. The molecule has 1 aromatic heterocycles. The molecule has 1 amide bonds. The number of aryl methyl sites for hydroxylation is 1. The van der Waals surface area contributed by atoms with E-state index in [1.807, 2.05) is 13.2 Å². The zero-order valence-corrected chi connectivity index (χ0v) is 10.8. The molecule has 0 aliphatic carbocycles.